The highest BCUT2D eigenvalue weighted by atomic mass is 79.9. The standard InChI is InChI=1S/C24H29BrN2O3/c1-2-14-29-21-6-4-20(5-7-21)26-10-12-27(13-11-26)24(28)17-23-22-8-3-19(25)16-18(22)9-15-30-23/h3-8,16,23H,2,9-15,17H2,1H3. The van der Waals surface area contributed by atoms with Crippen LogP contribution >= 0.6 is 15.9 Å². The number of ether oxygens (including phenoxy) is 2. The third-order valence-corrected chi connectivity index (χ3v) is 6.30. The van der Waals surface area contributed by atoms with Gasteiger partial charge in [-0.25, -0.2) is 0 Å². The molecule has 1 atom stereocenters. The number of piperazine rings is 1. The monoisotopic (exact) mass is 472 g/mol. The van der Waals surface area contributed by atoms with Crippen LogP contribution < -0.4 is 9.64 Å². The molecule has 0 radical (unpaired) electrons. The minimum absolute atomic E-state index is 0.136. The van der Waals surface area contributed by atoms with Crippen LogP contribution in [0.1, 0.15) is 37.0 Å². The van der Waals surface area contributed by atoms with E-state index in [1.807, 2.05) is 23.1 Å². The Morgan fingerprint density at radius 3 is 2.63 bits per heavy atom. The molecule has 2 aliphatic rings. The van der Waals surface area contributed by atoms with Crippen LogP contribution in [0, 0.1) is 0 Å². The predicted octanol–water partition coefficient (Wildman–Crippen LogP) is 4.59. The minimum atomic E-state index is -0.136. The summed E-state index contributed by atoms with van der Waals surface area (Å²) in [6, 6.07) is 14.5. The van der Waals surface area contributed by atoms with Crippen LogP contribution in [0.25, 0.3) is 0 Å². The topological polar surface area (TPSA) is 42.0 Å². The smallest absolute Gasteiger partial charge is 0.225 e. The molecule has 2 heterocycles. The van der Waals surface area contributed by atoms with Gasteiger partial charge in [0.05, 0.1) is 25.7 Å². The van der Waals surface area contributed by atoms with Crippen LogP contribution in [-0.4, -0.2) is 50.2 Å². The van der Waals surface area contributed by atoms with E-state index in [9.17, 15) is 4.79 Å². The number of rotatable bonds is 6. The van der Waals surface area contributed by atoms with Gasteiger partial charge in [-0.05, 0) is 60.4 Å². The molecule has 0 bridgehead atoms. The first kappa shape index (κ1) is 21.2. The first-order chi connectivity index (χ1) is 14.6. The highest BCUT2D eigenvalue weighted by Crippen LogP contribution is 2.32. The molecule has 6 heteroatoms. The van der Waals surface area contributed by atoms with Crippen molar-refractivity contribution < 1.29 is 14.3 Å². The van der Waals surface area contributed by atoms with E-state index in [4.69, 9.17) is 9.47 Å². The lowest BCUT2D eigenvalue weighted by molar-refractivity contribution is -0.135. The number of carbonyl (C=O) groups is 1. The number of nitrogens with zero attached hydrogens (tertiary/aromatic N) is 2. The SMILES string of the molecule is CCCOc1ccc(N2CCN(C(=O)CC3OCCc4cc(Br)ccc43)CC2)cc1. The van der Waals surface area contributed by atoms with Gasteiger partial charge in [-0.1, -0.05) is 28.9 Å². The second kappa shape index (κ2) is 9.84. The van der Waals surface area contributed by atoms with Crippen LogP contribution in [0.2, 0.25) is 0 Å². The van der Waals surface area contributed by atoms with E-state index in [1.165, 1.54) is 11.3 Å². The number of fused-ring (bicyclic) bond motifs is 1. The molecule has 160 valence electrons. The molecule has 2 aliphatic heterocycles. The van der Waals surface area contributed by atoms with Crippen molar-refractivity contribution in [2.24, 2.45) is 0 Å². The average molecular weight is 473 g/mol. The van der Waals surface area contributed by atoms with Crippen molar-refractivity contribution in [2.75, 3.05) is 44.3 Å². The fraction of sp³-hybridized carbons (Fsp3) is 0.458. The van der Waals surface area contributed by atoms with Crippen molar-refractivity contribution in [3.63, 3.8) is 0 Å². The summed E-state index contributed by atoms with van der Waals surface area (Å²) in [5, 5.41) is 0. The summed E-state index contributed by atoms with van der Waals surface area (Å²) < 4.78 is 12.7. The maximum atomic E-state index is 12.9. The van der Waals surface area contributed by atoms with Gasteiger partial charge in [-0.3, -0.25) is 4.79 Å². The van der Waals surface area contributed by atoms with Crippen LogP contribution in [-0.2, 0) is 16.0 Å². The lowest BCUT2D eigenvalue weighted by Gasteiger charge is -2.37. The Bertz CT molecular complexity index is 863. The van der Waals surface area contributed by atoms with Crippen molar-refractivity contribution in [3.05, 3.63) is 58.1 Å². The molecule has 1 amide bonds. The maximum absolute atomic E-state index is 12.9. The number of halogens is 1. The zero-order valence-electron chi connectivity index (χ0n) is 17.5. The van der Waals surface area contributed by atoms with Crippen LogP contribution in [0.3, 0.4) is 0 Å². The highest BCUT2D eigenvalue weighted by molar-refractivity contribution is 9.10. The molecule has 0 saturated carbocycles. The summed E-state index contributed by atoms with van der Waals surface area (Å²) in [6.45, 7) is 6.69. The van der Waals surface area contributed by atoms with Crippen molar-refractivity contribution in [2.45, 2.75) is 32.3 Å². The quantitative estimate of drug-likeness (QED) is 0.616. The fourth-order valence-electron chi connectivity index (χ4n) is 4.15. The largest absolute Gasteiger partial charge is 0.494 e. The van der Waals surface area contributed by atoms with Crippen molar-refractivity contribution >= 4 is 27.5 Å². The zero-order chi connectivity index (χ0) is 20.9. The summed E-state index contributed by atoms with van der Waals surface area (Å²) in [4.78, 5) is 17.2. The van der Waals surface area contributed by atoms with Crippen LogP contribution in [0.15, 0.2) is 46.9 Å². The summed E-state index contributed by atoms with van der Waals surface area (Å²) in [5.41, 5.74) is 3.62. The maximum Gasteiger partial charge on any atom is 0.225 e. The Morgan fingerprint density at radius 2 is 1.90 bits per heavy atom. The van der Waals surface area contributed by atoms with E-state index in [2.05, 4.69) is 52.0 Å². The number of hydrogen-bond acceptors (Lipinski definition) is 4. The molecular weight excluding hydrogens is 444 g/mol. The van der Waals surface area contributed by atoms with Crippen molar-refractivity contribution in [3.8, 4) is 5.75 Å². The molecule has 0 aliphatic carbocycles. The molecule has 0 N–H and O–H groups in total. The normalized spacial score (nSPS) is 18.8. The van der Waals surface area contributed by atoms with Crippen molar-refractivity contribution in [1.29, 1.82) is 0 Å². The molecule has 30 heavy (non-hydrogen) atoms. The molecule has 1 unspecified atom stereocenters. The molecule has 0 spiro atoms. The summed E-state index contributed by atoms with van der Waals surface area (Å²) >= 11 is 3.54. The first-order valence-corrected chi connectivity index (χ1v) is 11.6. The number of anilines is 1. The highest BCUT2D eigenvalue weighted by Gasteiger charge is 2.28. The van der Waals surface area contributed by atoms with E-state index in [0.717, 1.165) is 61.4 Å². The summed E-state index contributed by atoms with van der Waals surface area (Å²) in [6.07, 6.45) is 2.19. The lowest BCUT2D eigenvalue weighted by atomic mass is 9.95. The average Bonchev–Trinajstić information content (AvgIpc) is 2.78. The molecule has 2 aromatic rings. The van der Waals surface area contributed by atoms with Crippen molar-refractivity contribution in [1.82, 2.24) is 4.90 Å². The first-order valence-electron chi connectivity index (χ1n) is 10.8. The molecular formula is C24H29BrN2O3. The Labute approximate surface area is 187 Å². The molecule has 1 fully saturated rings. The minimum Gasteiger partial charge on any atom is -0.494 e. The lowest BCUT2D eigenvalue weighted by Crippen LogP contribution is -2.49. The fourth-order valence-corrected chi connectivity index (χ4v) is 4.56. The Hall–Kier alpha value is -2.05. The second-order valence-electron chi connectivity index (χ2n) is 7.87. The van der Waals surface area contributed by atoms with Gasteiger partial charge in [0.25, 0.3) is 0 Å². The number of benzene rings is 2. The van der Waals surface area contributed by atoms with Gasteiger partial charge in [-0.2, -0.15) is 0 Å². The number of hydrogen-bond donors (Lipinski definition) is 0. The third-order valence-electron chi connectivity index (χ3n) is 5.81. The molecule has 0 aromatic heterocycles. The van der Waals surface area contributed by atoms with E-state index in [0.29, 0.717) is 13.0 Å². The van der Waals surface area contributed by atoms with Gasteiger partial charge < -0.3 is 19.3 Å². The summed E-state index contributed by atoms with van der Waals surface area (Å²) in [7, 11) is 0. The number of amides is 1. The Kier molecular flexibility index (Phi) is 6.95. The molecule has 1 saturated heterocycles. The second-order valence-corrected chi connectivity index (χ2v) is 8.78. The van der Waals surface area contributed by atoms with Gasteiger partial charge in [0.15, 0.2) is 0 Å². The zero-order valence-corrected chi connectivity index (χ0v) is 19.1. The van der Waals surface area contributed by atoms with Gasteiger partial charge in [0, 0.05) is 36.3 Å². The summed E-state index contributed by atoms with van der Waals surface area (Å²) in [5.74, 6) is 1.09. The van der Waals surface area contributed by atoms with Crippen LogP contribution in [0.4, 0.5) is 5.69 Å². The third kappa shape index (κ3) is 4.98. The Balaban J connectivity index is 1.31. The van der Waals surface area contributed by atoms with E-state index < -0.39 is 0 Å². The van der Waals surface area contributed by atoms with Crippen LogP contribution in [0.5, 0.6) is 5.75 Å². The van der Waals surface area contributed by atoms with Gasteiger partial charge >= 0.3 is 0 Å². The van der Waals surface area contributed by atoms with Gasteiger partial charge in [0.1, 0.15) is 5.75 Å². The number of carbonyl (C=O) groups excluding carboxylic acids is 1. The molecule has 5 nitrogen and oxygen atoms in total. The van der Waals surface area contributed by atoms with E-state index in [-0.39, 0.29) is 12.0 Å². The predicted molar refractivity (Wildman–Crippen MR) is 122 cm³/mol. The van der Waals surface area contributed by atoms with E-state index >= 15 is 0 Å². The van der Waals surface area contributed by atoms with E-state index in [1.54, 1.807) is 0 Å². The van der Waals surface area contributed by atoms with Gasteiger partial charge in [0.2, 0.25) is 5.91 Å². The Morgan fingerprint density at radius 1 is 1.13 bits per heavy atom. The molecule has 4 rings (SSSR count). The van der Waals surface area contributed by atoms with Gasteiger partial charge in [-0.15, -0.1) is 0 Å². The molecule has 2 aromatic carbocycles.